The molecule has 2 nitrogen and oxygen atoms in total. The Bertz CT molecular complexity index is 2750. The molecular weight excluding hydrogens is 601 g/mol. The van der Waals surface area contributed by atoms with Crippen LogP contribution >= 0.6 is 11.3 Å². The van der Waals surface area contributed by atoms with Crippen LogP contribution in [-0.2, 0) is 0 Å². The van der Waals surface area contributed by atoms with Crippen molar-refractivity contribution < 1.29 is 0 Å². The summed E-state index contributed by atoms with van der Waals surface area (Å²) in [6, 6.07) is 61.2. The van der Waals surface area contributed by atoms with Crippen molar-refractivity contribution in [1.29, 1.82) is 0 Å². The van der Waals surface area contributed by atoms with Gasteiger partial charge >= 0.3 is 0 Å². The molecule has 7 aromatic carbocycles. The van der Waals surface area contributed by atoms with E-state index in [2.05, 4.69) is 162 Å². The van der Waals surface area contributed by atoms with Crippen molar-refractivity contribution in [3.05, 3.63) is 170 Å². The maximum Gasteiger partial charge on any atom is 0.0715 e. The van der Waals surface area contributed by atoms with Gasteiger partial charge in [-0.25, -0.2) is 4.98 Å². The molecule has 0 atom stereocenters. The minimum absolute atomic E-state index is 0.971. The quantitative estimate of drug-likeness (QED) is 0.190. The fourth-order valence-corrected chi connectivity index (χ4v) is 8.55. The number of fused-ring (bicyclic) bond motifs is 8. The van der Waals surface area contributed by atoms with Crippen LogP contribution in [0.4, 0.5) is 0 Å². The highest BCUT2D eigenvalue weighted by molar-refractivity contribution is 7.26. The first-order chi connectivity index (χ1) is 23.8. The largest absolute Gasteiger partial charge is 0.309 e. The Labute approximate surface area is 281 Å². The number of benzene rings is 7. The Morgan fingerprint density at radius 3 is 1.75 bits per heavy atom. The van der Waals surface area contributed by atoms with Crippen molar-refractivity contribution in [2.24, 2.45) is 0 Å². The maximum atomic E-state index is 5.08. The Hall–Kier alpha value is -6.03. The molecule has 0 aliphatic rings. The monoisotopic (exact) mass is 628 g/mol. The van der Waals surface area contributed by atoms with Crippen LogP contribution in [0.3, 0.4) is 0 Å². The lowest BCUT2D eigenvalue weighted by Crippen LogP contribution is -1.94. The molecule has 0 fully saturated rings. The van der Waals surface area contributed by atoms with Crippen LogP contribution in [0.1, 0.15) is 0 Å². The number of pyridine rings is 1. The fourth-order valence-electron chi connectivity index (χ4n) is 7.26. The van der Waals surface area contributed by atoms with Crippen LogP contribution < -0.4 is 0 Å². The van der Waals surface area contributed by atoms with Gasteiger partial charge in [-0.2, -0.15) is 0 Å². The van der Waals surface area contributed by atoms with Gasteiger partial charge in [0.1, 0.15) is 0 Å². The summed E-state index contributed by atoms with van der Waals surface area (Å²) in [5.41, 5.74) is 10.1. The number of hydrogen-bond donors (Lipinski definition) is 0. The Morgan fingerprint density at radius 2 is 1.04 bits per heavy atom. The topological polar surface area (TPSA) is 17.8 Å². The molecule has 48 heavy (non-hydrogen) atoms. The number of thiophene rings is 1. The van der Waals surface area contributed by atoms with Crippen LogP contribution in [0.15, 0.2) is 170 Å². The lowest BCUT2D eigenvalue weighted by Gasteiger charge is -2.12. The summed E-state index contributed by atoms with van der Waals surface area (Å²) in [6.07, 6.45) is 0. The van der Waals surface area contributed by atoms with E-state index in [4.69, 9.17) is 4.98 Å². The number of rotatable bonds is 4. The average Bonchev–Trinajstić information content (AvgIpc) is 3.69. The molecule has 0 aliphatic carbocycles. The first-order valence-corrected chi connectivity index (χ1v) is 17.1. The SMILES string of the molecule is c1ccc(-c2cc(-c3ccc(-n4c5ccccc5c5c6sc7cc8ccccc8cc7c6ccc54)cc3)cc(-c3ccccc3)n2)cc1. The van der Waals surface area contributed by atoms with E-state index in [-0.39, 0.29) is 0 Å². The summed E-state index contributed by atoms with van der Waals surface area (Å²) in [4.78, 5) is 5.08. The molecule has 0 radical (unpaired) electrons. The van der Waals surface area contributed by atoms with E-state index in [1.54, 1.807) is 0 Å². The van der Waals surface area contributed by atoms with Crippen molar-refractivity contribution in [3.63, 3.8) is 0 Å². The van der Waals surface area contributed by atoms with Gasteiger partial charge in [-0.05, 0) is 70.4 Å². The first-order valence-electron chi connectivity index (χ1n) is 16.3. The van der Waals surface area contributed by atoms with Gasteiger partial charge in [-0.3, -0.25) is 0 Å². The normalized spacial score (nSPS) is 11.8. The molecule has 10 aromatic rings. The van der Waals surface area contributed by atoms with Gasteiger partial charge in [0.2, 0.25) is 0 Å². The van der Waals surface area contributed by atoms with Gasteiger partial charge in [-0.1, -0.05) is 121 Å². The molecule has 3 heteroatoms. The minimum atomic E-state index is 0.971. The predicted octanol–water partition coefficient (Wildman–Crippen LogP) is 12.7. The second kappa shape index (κ2) is 10.8. The van der Waals surface area contributed by atoms with E-state index in [1.807, 2.05) is 23.5 Å². The van der Waals surface area contributed by atoms with Gasteiger partial charge in [0.05, 0.1) is 22.4 Å². The van der Waals surface area contributed by atoms with Crippen LogP contribution in [0.25, 0.3) is 92.1 Å². The molecule has 224 valence electrons. The lowest BCUT2D eigenvalue weighted by molar-refractivity contribution is 1.18. The summed E-state index contributed by atoms with van der Waals surface area (Å²) < 4.78 is 5.11. The van der Waals surface area contributed by atoms with Gasteiger partial charge in [0, 0.05) is 47.8 Å². The van der Waals surface area contributed by atoms with Crippen LogP contribution in [-0.4, -0.2) is 9.55 Å². The summed E-state index contributed by atoms with van der Waals surface area (Å²) in [7, 11) is 0. The molecule has 0 saturated carbocycles. The zero-order valence-electron chi connectivity index (χ0n) is 26.0. The number of para-hydroxylation sites is 1. The molecule has 3 aromatic heterocycles. The third-order valence-corrected chi connectivity index (χ3v) is 10.8. The lowest BCUT2D eigenvalue weighted by atomic mass is 10.00. The maximum absolute atomic E-state index is 5.08. The standard InChI is InChI=1S/C45H28N2S/c1-3-11-30(12-4-1)39-26-34(27-40(46-39)31-13-5-2-6-14-31)29-19-21-35(22-20-29)47-41-18-10-9-17-37(41)44-42(47)24-23-36-38-25-32-15-7-8-16-33(32)28-43(38)48-45(36)44/h1-28H. The molecule has 0 N–H and O–H groups in total. The highest BCUT2D eigenvalue weighted by Gasteiger charge is 2.18. The minimum Gasteiger partial charge on any atom is -0.309 e. The van der Waals surface area contributed by atoms with E-state index in [0.717, 1.165) is 39.3 Å². The van der Waals surface area contributed by atoms with Crippen LogP contribution in [0, 0.1) is 0 Å². The zero-order chi connectivity index (χ0) is 31.6. The van der Waals surface area contributed by atoms with Gasteiger partial charge in [0.25, 0.3) is 0 Å². The van der Waals surface area contributed by atoms with Crippen LogP contribution in [0.5, 0.6) is 0 Å². The fraction of sp³-hybridized carbons (Fsp3) is 0. The van der Waals surface area contributed by atoms with Crippen molar-refractivity contribution in [2.75, 3.05) is 0 Å². The van der Waals surface area contributed by atoms with Gasteiger partial charge < -0.3 is 4.57 Å². The van der Waals surface area contributed by atoms with Crippen molar-refractivity contribution in [3.8, 4) is 39.3 Å². The van der Waals surface area contributed by atoms with Crippen molar-refractivity contribution in [1.82, 2.24) is 9.55 Å². The van der Waals surface area contributed by atoms with Crippen molar-refractivity contribution in [2.45, 2.75) is 0 Å². The molecule has 3 heterocycles. The Morgan fingerprint density at radius 1 is 0.417 bits per heavy atom. The van der Waals surface area contributed by atoms with Gasteiger partial charge in [0.15, 0.2) is 0 Å². The summed E-state index contributed by atoms with van der Waals surface area (Å²) in [5, 5.41) is 7.84. The third-order valence-electron chi connectivity index (χ3n) is 9.56. The number of hydrogen-bond acceptors (Lipinski definition) is 2. The van der Waals surface area contributed by atoms with Crippen LogP contribution in [0.2, 0.25) is 0 Å². The highest BCUT2D eigenvalue weighted by Crippen LogP contribution is 2.44. The first kappa shape index (κ1) is 27.1. The molecule has 0 amide bonds. The zero-order valence-corrected chi connectivity index (χ0v) is 26.8. The summed E-state index contributed by atoms with van der Waals surface area (Å²) in [6.45, 7) is 0. The molecule has 0 bridgehead atoms. The van der Waals surface area contributed by atoms with E-state index < -0.39 is 0 Å². The summed E-state index contributed by atoms with van der Waals surface area (Å²) >= 11 is 1.91. The number of nitrogens with zero attached hydrogens (tertiary/aromatic N) is 2. The molecule has 10 rings (SSSR count). The Kier molecular flexibility index (Phi) is 6.08. The second-order valence-electron chi connectivity index (χ2n) is 12.4. The van der Waals surface area contributed by atoms with E-state index >= 15 is 0 Å². The van der Waals surface area contributed by atoms with Crippen molar-refractivity contribution >= 4 is 64.1 Å². The summed E-state index contributed by atoms with van der Waals surface area (Å²) in [5.74, 6) is 0. The van der Waals surface area contributed by atoms with E-state index in [0.29, 0.717) is 0 Å². The smallest absolute Gasteiger partial charge is 0.0715 e. The molecular formula is C45H28N2S. The van der Waals surface area contributed by atoms with E-state index in [1.165, 1.54) is 52.8 Å². The van der Waals surface area contributed by atoms with Gasteiger partial charge in [-0.15, -0.1) is 11.3 Å². The molecule has 0 unspecified atom stereocenters. The third kappa shape index (κ3) is 4.29. The second-order valence-corrected chi connectivity index (χ2v) is 13.4. The average molecular weight is 629 g/mol. The highest BCUT2D eigenvalue weighted by atomic mass is 32.1. The molecule has 0 spiro atoms. The Balaban J connectivity index is 1.14. The number of aromatic nitrogens is 2. The van der Waals surface area contributed by atoms with E-state index in [9.17, 15) is 0 Å². The molecule has 0 aliphatic heterocycles. The molecule has 0 saturated heterocycles. The predicted molar refractivity (Wildman–Crippen MR) is 205 cm³/mol.